The highest BCUT2D eigenvalue weighted by Crippen LogP contribution is 2.27. The Morgan fingerprint density at radius 3 is 2.92 bits per heavy atom. The molecule has 3 rings (SSSR count). The molecule has 1 aliphatic rings. The van der Waals surface area contributed by atoms with Gasteiger partial charge in [0, 0.05) is 28.5 Å². The molecular weight excluding hydrogens is 350 g/mol. The molecule has 0 bridgehead atoms. The minimum Gasteiger partial charge on any atom is -0.334 e. The van der Waals surface area contributed by atoms with Crippen LogP contribution in [0.15, 0.2) is 36.5 Å². The van der Waals surface area contributed by atoms with Gasteiger partial charge in [-0.15, -0.1) is 11.6 Å². The molecule has 1 unspecified atom stereocenters. The molecule has 24 heavy (non-hydrogen) atoms. The predicted octanol–water partition coefficient (Wildman–Crippen LogP) is 4.00. The van der Waals surface area contributed by atoms with E-state index in [1.807, 2.05) is 12.1 Å². The van der Waals surface area contributed by atoms with Crippen LogP contribution >= 0.6 is 23.2 Å². The monoisotopic (exact) mass is 366 g/mol. The Morgan fingerprint density at radius 2 is 2.17 bits per heavy atom. The molecule has 0 saturated carbocycles. The highest BCUT2D eigenvalue weighted by Gasteiger charge is 2.29. The van der Waals surface area contributed by atoms with E-state index >= 15 is 0 Å². The largest absolute Gasteiger partial charge is 0.334 e. The van der Waals surface area contributed by atoms with Gasteiger partial charge >= 0.3 is 0 Å². The van der Waals surface area contributed by atoms with Crippen LogP contribution in [0.4, 0.5) is 4.39 Å². The lowest BCUT2D eigenvalue weighted by Crippen LogP contribution is -2.44. The van der Waals surface area contributed by atoms with Crippen molar-refractivity contribution >= 4 is 29.1 Å². The third-order valence-electron chi connectivity index (χ3n) is 4.42. The standard InChI is InChI=1S/C18H17Cl2FN2O/c19-10-18(24)23(11-14-15(20)4-1-5-16(14)21)13-6-7-17-12(9-13)3-2-8-22-17/h1-5,8,13H,6-7,9-11H2. The normalized spacial score (nSPS) is 16.5. The van der Waals surface area contributed by atoms with Gasteiger partial charge in [-0.3, -0.25) is 9.78 Å². The van der Waals surface area contributed by atoms with E-state index in [2.05, 4.69) is 4.98 Å². The zero-order chi connectivity index (χ0) is 17.1. The van der Waals surface area contributed by atoms with E-state index in [0.29, 0.717) is 17.0 Å². The number of aromatic nitrogens is 1. The molecule has 6 heteroatoms. The molecule has 0 radical (unpaired) electrons. The van der Waals surface area contributed by atoms with Gasteiger partial charge in [0.25, 0.3) is 0 Å². The van der Waals surface area contributed by atoms with Crippen molar-refractivity contribution in [1.82, 2.24) is 9.88 Å². The van der Waals surface area contributed by atoms with Gasteiger partial charge in [0.2, 0.25) is 5.91 Å². The van der Waals surface area contributed by atoms with Gasteiger partial charge in [-0.2, -0.15) is 0 Å². The van der Waals surface area contributed by atoms with Gasteiger partial charge in [-0.05, 0) is 43.0 Å². The Hall–Kier alpha value is -1.65. The Bertz CT molecular complexity index is 733. The first-order valence-corrected chi connectivity index (χ1v) is 8.72. The number of aryl methyl sites for hydroxylation is 1. The van der Waals surface area contributed by atoms with Crippen molar-refractivity contribution in [3.8, 4) is 0 Å². The van der Waals surface area contributed by atoms with Crippen LogP contribution in [0.1, 0.15) is 23.2 Å². The van der Waals surface area contributed by atoms with Gasteiger partial charge < -0.3 is 4.90 Å². The number of hydrogen-bond donors (Lipinski definition) is 0. The van der Waals surface area contributed by atoms with E-state index in [9.17, 15) is 9.18 Å². The lowest BCUT2D eigenvalue weighted by molar-refractivity contribution is -0.131. The second kappa shape index (κ2) is 7.49. The zero-order valence-electron chi connectivity index (χ0n) is 13.0. The molecule has 1 heterocycles. The molecule has 1 aromatic heterocycles. The summed E-state index contributed by atoms with van der Waals surface area (Å²) in [5, 5.41) is 0.320. The van der Waals surface area contributed by atoms with E-state index < -0.39 is 5.82 Å². The van der Waals surface area contributed by atoms with Gasteiger partial charge in [0.1, 0.15) is 11.7 Å². The number of carbonyl (C=O) groups excluding carboxylic acids is 1. The molecule has 0 aliphatic heterocycles. The fraction of sp³-hybridized carbons (Fsp3) is 0.333. The lowest BCUT2D eigenvalue weighted by atomic mass is 9.90. The first kappa shape index (κ1) is 17.2. The number of nitrogens with zero attached hydrogens (tertiary/aromatic N) is 2. The van der Waals surface area contributed by atoms with Gasteiger partial charge in [-0.25, -0.2) is 4.39 Å². The average Bonchev–Trinajstić information content (AvgIpc) is 2.60. The number of fused-ring (bicyclic) bond motifs is 1. The van der Waals surface area contributed by atoms with Crippen LogP contribution in [0, 0.1) is 5.82 Å². The molecule has 1 aliphatic carbocycles. The van der Waals surface area contributed by atoms with Crippen LogP contribution in [0.25, 0.3) is 0 Å². The molecule has 0 saturated heterocycles. The van der Waals surface area contributed by atoms with Crippen molar-refractivity contribution < 1.29 is 9.18 Å². The van der Waals surface area contributed by atoms with Crippen molar-refractivity contribution in [3.05, 3.63) is 64.2 Å². The molecule has 0 fully saturated rings. The molecule has 1 atom stereocenters. The Kier molecular flexibility index (Phi) is 5.36. The number of carbonyl (C=O) groups is 1. The fourth-order valence-electron chi connectivity index (χ4n) is 3.16. The third-order valence-corrected chi connectivity index (χ3v) is 5.00. The van der Waals surface area contributed by atoms with Crippen LogP contribution in [0.2, 0.25) is 5.02 Å². The first-order chi connectivity index (χ1) is 11.6. The highest BCUT2D eigenvalue weighted by molar-refractivity contribution is 6.31. The minimum absolute atomic E-state index is 0.0383. The van der Waals surface area contributed by atoms with Gasteiger partial charge in [0.15, 0.2) is 0 Å². The summed E-state index contributed by atoms with van der Waals surface area (Å²) in [4.78, 5) is 18.4. The smallest absolute Gasteiger partial charge is 0.238 e. The second-order valence-corrected chi connectivity index (χ2v) is 6.54. The molecular formula is C18H17Cl2FN2O. The van der Waals surface area contributed by atoms with Crippen molar-refractivity contribution in [2.45, 2.75) is 31.8 Å². The summed E-state index contributed by atoms with van der Waals surface area (Å²) in [5.74, 6) is -0.760. The zero-order valence-corrected chi connectivity index (χ0v) is 14.5. The summed E-state index contributed by atoms with van der Waals surface area (Å²) < 4.78 is 14.1. The van der Waals surface area contributed by atoms with Crippen molar-refractivity contribution in [2.24, 2.45) is 0 Å². The average molecular weight is 367 g/mol. The Labute approximate surface area is 150 Å². The topological polar surface area (TPSA) is 33.2 Å². The highest BCUT2D eigenvalue weighted by atomic mass is 35.5. The number of rotatable bonds is 4. The maximum atomic E-state index is 14.1. The van der Waals surface area contributed by atoms with Gasteiger partial charge in [-0.1, -0.05) is 23.7 Å². The summed E-state index contributed by atoms with van der Waals surface area (Å²) in [6.45, 7) is 0.122. The molecule has 126 valence electrons. The summed E-state index contributed by atoms with van der Waals surface area (Å²) in [6, 6.07) is 8.41. The lowest BCUT2D eigenvalue weighted by Gasteiger charge is -2.35. The quantitative estimate of drug-likeness (QED) is 0.766. The van der Waals surface area contributed by atoms with E-state index in [0.717, 1.165) is 24.1 Å². The minimum atomic E-state index is -0.409. The summed E-state index contributed by atoms with van der Waals surface area (Å²) in [7, 11) is 0. The SMILES string of the molecule is O=C(CCl)N(Cc1c(F)cccc1Cl)C1CCc2ncccc2C1. The molecule has 3 nitrogen and oxygen atoms in total. The molecule has 1 aromatic carbocycles. The molecule has 1 amide bonds. The summed E-state index contributed by atoms with van der Waals surface area (Å²) in [5.41, 5.74) is 2.52. The van der Waals surface area contributed by atoms with Crippen LogP contribution in [0.5, 0.6) is 0 Å². The third kappa shape index (κ3) is 3.55. The summed E-state index contributed by atoms with van der Waals surface area (Å²) >= 11 is 11.9. The van der Waals surface area contributed by atoms with E-state index in [4.69, 9.17) is 23.2 Å². The Balaban J connectivity index is 1.87. The maximum Gasteiger partial charge on any atom is 0.238 e. The van der Waals surface area contributed by atoms with Crippen LogP contribution in [0.3, 0.4) is 0 Å². The first-order valence-electron chi connectivity index (χ1n) is 7.81. The number of benzene rings is 1. The van der Waals surface area contributed by atoms with Crippen molar-refractivity contribution in [2.75, 3.05) is 5.88 Å². The van der Waals surface area contributed by atoms with Crippen molar-refractivity contribution in [1.29, 1.82) is 0 Å². The fourth-order valence-corrected chi connectivity index (χ4v) is 3.54. The number of alkyl halides is 1. The second-order valence-electron chi connectivity index (χ2n) is 5.86. The van der Waals surface area contributed by atoms with E-state index in [-0.39, 0.29) is 24.4 Å². The predicted molar refractivity (Wildman–Crippen MR) is 92.7 cm³/mol. The number of hydrogen-bond acceptors (Lipinski definition) is 2. The summed E-state index contributed by atoms with van der Waals surface area (Å²) in [6.07, 6.45) is 4.04. The van der Waals surface area contributed by atoms with Crippen molar-refractivity contribution in [3.63, 3.8) is 0 Å². The van der Waals surface area contributed by atoms with E-state index in [1.54, 1.807) is 23.2 Å². The molecule has 2 aromatic rings. The van der Waals surface area contributed by atoms with Gasteiger partial charge in [0.05, 0.1) is 6.54 Å². The van der Waals surface area contributed by atoms with Crippen LogP contribution in [-0.4, -0.2) is 27.7 Å². The van der Waals surface area contributed by atoms with Crippen LogP contribution in [-0.2, 0) is 24.2 Å². The van der Waals surface area contributed by atoms with E-state index in [1.165, 1.54) is 6.07 Å². The number of halogens is 3. The Morgan fingerprint density at radius 1 is 1.33 bits per heavy atom. The van der Waals surface area contributed by atoms with Crippen LogP contribution < -0.4 is 0 Å². The number of pyridine rings is 1. The molecule has 0 N–H and O–H groups in total. The number of amides is 1. The molecule has 0 spiro atoms. The maximum absolute atomic E-state index is 14.1.